The summed E-state index contributed by atoms with van der Waals surface area (Å²) in [6, 6.07) is 12.4. The Labute approximate surface area is 131 Å². The zero-order valence-electron chi connectivity index (χ0n) is 11.6. The van der Waals surface area contributed by atoms with Gasteiger partial charge in [-0.3, -0.25) is 4.79 Å². The van der Waals surface area contributed by atoms with Gasteiger partial charge in [0.05, 0.1) is 11.6 Å². The van der Waals surface area contributed by atoms with Crippen molar-refractivity contribution in [3.63, 3.8) is 0 Å². The highest BCUT2D eigenvalue weighted by molar-refractivity contribution is 9.10. The van der Waals surface area contributed by atoms with Gasteiger partial charge in [0, 0.05) is 12.1 Å². The number of methoxy groups -OCH3 is 1. The standard InChI is InChI=1S/C16H16BrNO3/c1-21-15-5-3-2-4-11(15)8-9-18-16(20)12-6-7-13(17)14(19)10-12/h2-7,10,19H,8-9H2,1H3,(H,18,20). The molecule has 0 aromatic heterocycles. The molecule has 0 aliphatic rings. The van der Waals surface area contributed by atoms with Gasteiger partial charge in [0.1, 0.15) is 11.5 Å². The van der Waals surface area contributed by atoms with Crippen molar-refractivity contribution < 1.29 is 14.6 Å². The van der Waals surface area contributed by atoms with Crippen LogP contribution in [0.1, 0.15) is 15.9 Å². The van der Waals surface area contributed by atoms with E-state index < -0.39 is 0 Å². The third kappa shape index (κ3) is 3.98. The number of phenols is 1. The lowest BCUT2D eigenvalue weighted by Gasteiger charge is -2.09. The highest BCUT2D eigenvalue weighted by Gasteiger charge is 2.08. The smallest absolute Gasteiger partial charge is 0.251 e. The molecule has 1 amide bonds. The van der Waals surface area contributed by atoms with Gasteiger partial charge >= 0.3 is 0 Å². The van der Waals surface area contributed by atoms with Crippen LogP contribution in [0.2, 0.25) is 0 Å². The molecule has 0 spiro atoms. The molecule has 0 radical (unpaired) electrons. The molecule has 0 saturated heterocycles. The van der Waals surface area contributed by atoms with Crippen LogP contribution in [0, 0.1) is 0 Å². The summed E-state index contributed by atoms with van der Waals surface area (Å²) in [6.07, 6.45) is 0.679. The summed E-state index contributed by atoms with van der Waals surface area (Å²) < 4.78 is 5.83. The molecule has 21 heavy (non-hydrogen) atoms. The van der Waals surface area contributed by atoms with Crippen molar-refractivity contribution in [2.45, 2.75) is 6.42 Å². The fraction of sp³-hybridized carbons (Fsp3) is 0.188. The topological polar surface area (TPSA) is 58.6 Å². The van der Waals surface area contributed by atoms with Gasteiger partial charge in [-0.25, -0.2) is 0 Å². The van der Waals surface area contributed by atoms with E-state index in [9.17, 15) is 9.90 Å². The second-order valence-electron chi connectivity index (χ2n) is 4.48. The lowest BCUT2D eigenvalue weighted by atomic mass is 10.1. The number of halogens is 1. The molecule has 2 aromatic carbocycles. The van der Waals surface area contributed by atoms with E-state index in [2.05, 4.69) is 21.2 Å². The second kappa shape index (κ2) is 7.13. The number of hydrogen-bond donors (Lipinski definition) is 2. The zero-order chi connectivity index (χ0) is 15.2. The number of ether oxygens (including phenoxy) is 1. The average Bonchev–Trinajstić information content (AvgIpc) is 2.50. The summed E-state index contributed by atoms with van der Waals surface area (Å²) in [7, 11) is 1.63. The van der Waals surface area contributed by atoms with E-state index in [1.165, 1.54) is 6.07 Å². The van der Waals surface area contributed by atoms with E-state index in [0.717, 1.165) is 11.3 Å². The number of nitrogens with one attached hydrogen (secondary N) is 1. The molecule has 0 heterocycles. The maximum atomic E-state index is 12.0. The van der Waals surface area contributed by atoms with Crippen LogP contribution < -0.4 is 10.1 Å². The van der Waals surface area contributed by atoms with Gasteiger partial charge in [0.15, 0.2) is 0 Å². The van der Waals surface area contributed by atoms with Crippen molar-refractivity contribution in [3.05, 3.63) is 58.1 Å². The fourth-order valence-electron chi connectivity index (χ4n) is 1.98. The molecule has 2 rings (SSSR count). The van der Waals surface area contributed by atoms with Gasteiger partial charge in [0.25, 0.3) is 5.91 Å². The third-order valence-electron chi connectivity index (χ3n) is 3.08. The SMILES string of the molecule is COc1ccccc1CCNC(=O)c1ccc(Br)c(O)c1. The molecule has 110 valence electrons. The molecule has 0 atom stereocenters. The maximum Gasteiger partial charge on any atom is 0.251 e. The van der Waals surface area contributed by atoms with E-state index in [1.807, 2.05) is 24.3 Å². The first-order valence-electron chi connectivity index (χ1n) is 6.50. The van der Waals surface area contributed by atoms with E-state index in [4.69, 9.17) is 4.74 Å². The van der Waals surface area contributed by atoms with Crippen molar-refractivity contribution in [2.75, 3.05) is 13.7 Å². The number of carbonyl (C=O) groups is 1. The zero-order valence-corrected chi connectivity index (χ0v) is 13.2. The summed E-state index contributed by atoms with van der Waals surface area (Å²) >= 11 is 3.18. The molecule has 0 aliphatic carbocycles. The number of para-hydroxylation sites is 1. The number of amides is 1. The van der Waals surface area contributed by atoms with Gasteiger partial charge in [0.2, 0.25) is 0 Å². The van der Waals surface area contributed by atoms with E-state index in [0.29, 0.717) is 23.0 Å². The first-order chi connectivity index (χ1) is 10.1. The van der Waals surface area contributed by atoms with Gasteiger partial charge in [-0.15, -0.1) is 0 Å². The minimum Gasteiger partial charge on any atom is -0.507 e. The highest BCUT2D eigenvalue weighted by atomic mass is 79.9. The minimum atomic E-state index is -0.215. The highest BCUT2D eigenvalue weighted by Crippen LogP contribution is 2.24. The van der Waals surface area contributed by atoms with Crippen LogP contribution in [-0.2, 0) is 6.42 Å². The first kappa shape index (κ1) is 15.4. The molecule has 2 aromatic rings. The molecule has 0 unspecified atom stereocenters. The second-order valence-corrected chi connectivity index (χ2v) is 5.34. The van der Waals surface area contributed by atoms with Crippen LogP contribution >= 0.6 is 15.9 Å². The van der Waals surface area contributed by atoms with E-state index in [-0.39, 0.29) is 11.7 Å². The summed E-state index contributed by atoms with van der Waals surface area (Å²) in [5.74, 6) is 0.646. The molecule has 4 nitrogen and oxygen atoms in total. The van der Waals surface area contributed by atoms with Crippen molar-refractivity contribution in [3.8, 4) is 11.5 Å². The Morgan fingerprint density at radius 2 is 2.05 bits per heavy atom. The summed E-state index contributed by atoms with van der Waals surface area (Å²) in [5, 5.41) is 12.4. The quantitative estimate of drug-likeness (QED) is 0.871. The average molecular weight is 350 g/mol. The Hall–Kier alpha value is -2.01. The van der Waals surface area contributed by atoms with Crippen LogP contribution in [-0.4, -0.2) is 24.7 Å². The predicted octanol–water partition coefficient (Wildman–Crippen LogP) is 3.14. The fourth-order valence-corrected chi connectivity index (χ4v) is 2.22. The number of aromatic hydroxyl groups is 1. The lowest BCUT2D eigenvalue weighted by molar-refractivity contribution is 0.0953. The predicted molar refractivity (Wildman–Crippen MR) is 84.8 cm³/mol. The van der Waals surface area contributed by atoms with Crippen LogP contribution in [0.15, 0.2) is 46.9 Å². The van der Waals surface area contributed by atoms with Crippen molar-refractivity contribution >= 4 is 21.8 Å². The first-order valence-corrected chi connectivity index (χ1v) is 7.29. The van der Waals surface area contributed by atoms with Gasteiger partial charge < -0.3 is 15.2 Å². The summed E-state index contributed by atoms with van der Waals surface area (Å²) in [4.78, 5) is 12.0. The minimum absolute atomic E-state index is 0.0485. The molecule has 0 saturated carbocycles. The van der Waals surface area contributed by atoms with E-state index >= 15 is 0 Å². The Morgan fingerprint density at radius 1 is 1.29 bits per heavy atom. The van der Waals surface area contributed by atoms with Gasteiger partial charge in [-0.05, 0) is 52.2 Å². The summed E-state index contributed by atoms with van der Waals surface area (Å²) in [5.41, 5.74) is 1.47. The summed E-state index contributed by atoms with van der Waals surface area (Å²) in [6.45, 7) is 0.496. The normalized spacial score (nSPS) is 10.2. The Balaban J connectivity index is 1.93. The molecule has 0 fully saturated rings. The molecular formula is C16H16BrNO3. The van der Waals surface area contributed by atoms with Gasteiger partial charge in [-0.2, -0.15) is 0 Å². The van der Waals surface area contributed by atoms with Crippen molar-refractivity contribution in [2.24, 2.45) is 0 Å². The number of rotatable bonds is 5. The molecule has 2 N–H and O–H groups in total. The van der Waals surface area contributed by atoms with Gasteiger partial charge in [-0.1, -0.05) is 18.2 Å². The van der Waals surface area contributed by atoms with Crippen LogP contribution in [0.25, 0.3) is 0 Å². The maximum absolute atomic E-state index is 12.0. The van der Waals surface area contributed by atoms with Crippen LogP contribution in [0.4, 0.5) is 0 Å². The number of carbonyl (C=O) groups excluding carboxylic acids is 1. The third-order valence-corrected chi connectivity index (χ3v) is 3.75. The number of benzene rings is 2. The molecule has 0 bridgehead atoms. The molecule has 5 heteroatoms. The van der Waals surface area contributed by atoms with Crippen LogP contribution in [0.5, 0.6) is 11.5 Å². The molecule has 0 aliphatic heterocycles. The van der Waals surface area contributed by atoms with Crippen molar-refractivity contribution in [1.29, 1.82) is 0 Å². The van der Waals surface area contributed by atoms with Crippen LogP contribution in [0.3, 0.4) is 0 Å². The monoisotopic (exact) mass is 349 g/mol. The Kier molecular flexibility index (Phi) is 5.22. The Morgan fingerprint density at radius 3 is 2.76 bits per heavy atom. The Bertz CT molecular complexity index is 643. The molecular weight excluding hydrogens is 334 g/mol. The van der Waals surface area contributed by atoms with E-state index in [1.54, 1.807) is 19.2 Å². The van der Waals surface area contributed by atoms with Crippen molar-refractivity contribution in [1.82, 2.24) is 5.32 Å². The number of phenolic OH excluding ortho intramolecular Hbond substituents is 1. The lowest BCUT2D eigenvalue weighted by Crippen LogP contribution is -2.25. The largest absolute Gasteiger partial charge is 0.507 e. The number of hydrogen-bond acceptors (Lipinski definition) is 3.